The SMILES string of the molecule is Oc1ccc2c3c1O[C@H]1c4[nH]c5ccc(NC(=NCc6ccccc6)NCC6CC6)cc5c4C[C@@]4(O)[C@H](C2)N(CC2CC2)CC[C@]314. The minimum absolute atomic E-state index is 0.0127. The zero-order valence-electron chi connectivity index (χ0n) is 26.1. The van der Waals surface area contributed by atoms with Crippen molar-refractivity contribution in [2.24, 2.45) is 16.8 Å². The van der Waals surface area contributed by atoms with Crippen LogP contribution in [0.2, 0.25) is 0 Å². The van der Waals surface area contributed by atoms with E-state index >= 15 is 0 Å². The van der Waals surface area contributed by atoms with E-state index in [0.717, 1.165) is 83.7 Å². The maximum atomic E-state index is 13.2. The van der Waals surface area contributed by atoms with Gasteiger partial charge < -0.3 is 30.6 Å². The number of aromatic hydroxyl groups is 1. The summed E-state index contributed by atoms with van der Waals surface area (Å²) in [7, 11) is 0. The molecule has 3 aromatic carbocycles. The van der Waals surface area contributed by atoms with Crippen LogP contribution in [0, 0.1) is 11.8 Å². The summed E-state index contributed by atoms with van der Waals surface area (Å²) in [6, 6.07) is 20.7. The highest BCUT2D eigenvalue weighted by molar-refractivity contribution is 5.97. The van der Waals surface area contributed by atoms with Gasteiger partial charge in [0.2, 0.25) is 0 Å². The molecule has 236 valence electrons. The molecular formula is C38H41N5O3. The van der Waals surface area contributed by atoms with Crippen molar-refractivity contribution in [2.75, 3.05) is 25.0 Å². The number of hydrogen-bond donors (Lipinski definition) is 5. The third-order valence-corrected chi connectivity index (χ3v) is 11.9. The van der Waals surface area contributed by atoms with Crippen LogP contribution in [0.25, 0.3) is 10.9 Å². The van der Waals surface area contributed by atoms with Gasteiger partial charge in [-0.3, -0.25) is 4.90 Å². The number of H-pyrrole nitrogens is 1. The molecule has 0 amide bonds. The van der Waals surface area contributed by atoms with Crippen molar-refractivity contribution in [1.29, 1.82) is 0 Å². The zero-order valence-corrected chi connectivity index (χ0v) is 26.1. The quantitative estimate of drug-likeness (QED) is 0.138. The fourth-order valence-electron chi connectivity index (χ4n) is 9.29. The Morgan fingerprint density at radius 1 is 1.04 bits per heavy atom. The van der Waals surface area contributed by atoms with Crippen molar-refractivity contribution in [3.8, 4) is 11.5 Å². The largest absolute Gasteiger partial charge is 0.504 e. The lowest BCUT2D eigenvalue weighted by molar-refractivity contribution is -0.173. The van der Waals surface area contributed by atoms with Crippen LogP contribution < -0.4 is 15.4 Å². The molecule has 10 rings (SSSR count). The summed E-state index contributed by atoms with van der Waals surface area (Å²) in [5.74, 6) is 3.00. The van der Waals surface area contributed by atoms with Gasteiger partial charge in [0.05, 0.1) is 23.3 Å². The zero-order chi connectivity index (χ0) is 30.6. The monoisotopic (exact) mass is 615 g/mol. The van der Waals surface area contributed by atoms with Crippen LogP contribution in [0.3, 0.4) is 0 Å². The van der Waals surface area contributed by atoms with Crippen molar-refractivity contribution >= 4 is 22.5 Å². The number of fused-ring (bicyclic) bond motifs is 4. The Morgan fingerprint density at radius 3 is 2.72 bits per heavy atom. The first-order valence-corrected chi connectivity index (χ1v) is 17.2. The van der Waals surface area contributed by atoms with Gasteiger partial charge in [0.1, 0.15) is 0 Å². The maximum Gasteiger partial charge on any atom is 0.196 e. The first-order chi connectivity index (χ1) is 22.5. The van der Waals surface area contributed by atoms with E-state index in [-0.39, 0.29) is 17.9 Å². The molecule has 0 radical (unpaired) electrons. The van der Waals surface area contributed by atoms with Crippen molar-refractivity contribution in [1.82, 2.24) is 15.2 Å². The van der Waals surface area contributed by atoms with E-state index in [9.17, 15) is 10.2 Å². The number of benzene rings is 3. The molecular weight excluding hydrogens is 574 g/mol. The van der Waals surface area contributed by atoms with E-state index in [1.165, 1.54) is 36.8 Å². The number of ether oxygens (including phenoxy) is 1. The molecule has 5 N–H and O–H groups in total. The van der Waals surface area contributed by atoms with E-state index in [4.69, 9.17) is 9.73 Å². The number of aliphatic imine (C=N–C) groups is 1. The fraction of sp³-hybridized carbons (Fsp3) is 0.447. The van der Waals surface area contributed by atoms with Gasteiger partial charge in [-0.1, -0.05) is 36.4 Å². The average molecular weight is 616 g/mol. The van der Waals surface area contributed by atoms with Crippen molar-refractivity contribution in [3.05, 3.63) is 88.6 Å². The van der Waals surface area contributed by atoms with Crippen LogP contribution in [-0.2, 0) is 24.8 Å². The number of nitrogens with one attached hydrogen (secondary N) is 3. The summed E-state index contributed by atoms with van der Waals surface area (Å²) in [6.07, 6.45) is 6.91. The van der Waals surface area contributed by atoms with Gasteiger partial charge in [-0.05, 0) is 97.9 Å². The second-order valence-electron chi connectivity index (χ2n) is 14.8. The van der Waals surface area contributed by atoms with Crippen LogP contribution in [0.15, 0.2) is 65.7 Å². The molecule has 6 aliphatic rings. The lowest BCUT2D eigenvalue weighted by Gasteiger charge is -2.62. The number of guanidine groups is 1. The number of aromatic amines is 1. The summed E-state index contributed by atoms with van der Waals surface area (Å²) in [6.45, 7) is 3.53. The van der Waals surface area contributed by atoms with Gasteiger partial charge >= 0.3 is 0 Å². The fourth-order valence-corrected chi connectivity index (χ4v) is 9.29. The second kappa shape index (κ2) is 9.75. The van der Waals surface area contributed by atoms with Crippen LogP contribution in [0.5, 0.6) is 11.5 Å². The van der Waals surface area contributed by atoms with Crippen LogP contribution in [-0.4, -0.2) is 57.3 Å². The molecule has 2 bridgehead atoms. The predicted molar refractivity (Wildman–Crippen MR) is 178 cm³/mol. The molecule has 4 atom stereocenters. The van der Waals surface area contributed by atoms with Crippen molar-refractivity contribution in [2.45, 2.75) is 74.7 Å². The standard InChI is InChI=1S/C38H41N5O3/c44-30-13-10-25-16-31-38(45)18-28-27-17-26(41-36(40-20-23-6-7-23)39-19-22-4-2-1-3-5-22)11-12-29(27)42-33(28)35-37(38,32(25)34(30)46-35)14-15-43(31)21-24-8-9-24/h1-5,10-13,17,23-24,31,35,42,44-45H,6-9,14-16,18-21H2,(H2,39,40,41)/t31-,35-,37-,38+/m0/s1. The molecule has 4 aromatic rings. The number of aliphatic hydroxyl groups is 1. The first kappa shape index (κ1) is 27.1. The molecule has 4 aliphatic carbocycles. The van der Waals surface area contributed by atoms with Gasteiger partial charge in [-0.2, -0.15) is 0 Å². The molecule has 46 heavy (non-hydrogen) atoms. The van der Waals surface area contributed by atoms with Gasteiger partial charge in [-0.15, -0.1) is 0 Å². The van der Waals surface area contributed by atoms with Gasteiger partial charge in [0, 0.05) is 47.7 Å². The number of anilines is 1. The van der Waals surface area contributed by atoms with E-state index < -0.39 is 11.0 Å². The number of phenolic OH excluding ortho intramolecular Hbond substituents is 1. The van der Waals surface area contributed by atoms with E-state index in [1.54, 1.807) is 6.07 Å². The molecule has 8 heteroatoms. The summed E-state index contributed by atoms with van der Waals surface area (Å²) < 4.78 is 6.78. The van der Waals surface area contributed by atoms with E-state index in [0.29, 0.717) is 18.7 Å². The Kier molecular flexibility index (Phi) is 5.75. The number of phenols is 1. The molecule has 3 heterocycles. The van der Waals surface area contributed by atoms with Gasteiger partial charge in [0.25, 0.3) is 0 Å². The van der Waals surface area contributed by atoms with E-state index in [1.807, 2.05) is 6.07 Å². The molecule has 2 aliphatic heterocycles. The number of aromatic nitrogens is 1. The molecule has 1 aromatic heterocycles. The molecule has 1 spiro atoms. The number of rotatable bonds is 7. The molecule has 8 nitrogen and oxygen atoms in total. The molecule has 3 fully saturated rings. The maximum absolute atomic E-state index is 13.2. The first-order valence-electron chi connectivity index (χ1n) is 17.2. The summed E-state index contributed by atoms with van der Waals surface area (Å²) in [5, 5.41) is 32.5. The lowest BCUT2D eigenvalue weighted by atomic mass is 9.49. The Labute approximate surface area is 268 Å². The second-order valence-corrected chi connectivity index (χ2v) is 14.8. The summed E-state index contributed by atoms with van der Waals surface area (Å²) >= 11 is 0. The lowest BCUT2D eigenvalue weighted by Crippen LogP contribution is -2.74. The minimum atomic E-state index is -1.00. The highest BCUT2D eigenvalue weighted by Crippen LogP contribution is 2.69. The number of hydrogen-bond acceptors (Lipinski definition) is 5. The Balaban J connectivity index is 1.05. The molecule has 1 saturated heterocycles. The normalized spacial score (nSPS) is 29.3. The molecule has 0 unspecified atom stereocenters. The summed E-state index contributed by atoms with van der Waals surface area (Å²) in [4.78, 5) is 11.3. The Hall–Kier alpha value is -4.01. The third-order valence-electron chi connectivity index (χ3n) is 11.9. The highest BCUT2D eigenvalue weighted by atomic mass is 16.5. The topological polar surface area (TPSA) is 105 Å². The predicted octanol–water partition coefficient (Wildman–Crippen LogP) is 5.54. The van der Waals surface area contributed by atoms with Gasteiger partial charge in [-0.25, -0.2) is 4.99 Å². The number of nitrogens with zero attached hydrogens (tertiary/aromatic N) is 2. The van der Waals surface area contributed by atoms with Crippen LogP contribution >= 0.6 is 0 Å². The van der Waals surface area contributed by atoms with Crippen LogP contribution in [0.4, 0.5) is 5.69 Å². The minimum Gasteiger partial charge on any atom is -0.504 e. The van der Waals surface area contributed by atoms with Crippen molar-refractivity contribution < 1.29 is 14.9 Å². The third kappa shape index (κ3) is 3.95. The number of likely N-dealkylation sites (tertiary alicyclic amines) is 1. The Bertz CT molecular complexity index is 1900. The summed E-state index contributed by atoms with van der Waals surface area (Å²) in [5.41, 5.74) is 6.03. The van der Waals surface area contributed by atoms with Crippen LogP contribution in [0.1, 0.15) is 66.2 Å². The van der Waals surface area contributed by atoms with Gasteiger partial charge in [0.15, 0.2) is 23.6 Å². The highest BCUT2D eigenvalue weighted by Gasteiger charge is 2.72. The number of piperidine rings is 1. The molecule has 2 saturated carbocycles. The smallest absolute Gasteiger partial charge is 0.196 e. The average Bonchev–Trinajstić information content (AvgIpc) is 3.99. The van der Waals surface area contributed by atoms with Crippen molar-refractivity contribution in [3.63, 3.8) is 0 Å². The Morgan fingerprint density at radius 2 is 1.89 bits per heavy atom. The van der Waals surface area contributed by atoms with E-state index in [2.05, 4.69) is 69.0 Å².